The molecule has 0 spiro atoms. The highest BCUT2D eigenvalue weighted by molar-refractivity contribution is 6.30. The van der Waals surface area contributed by atoms with Gasteiger partial charge in [0.1, 0.15) is 17.6 Å². The van der Waals surface area contributed by atoms with Crippen LogP contribution in [0.5, 0.6) is 5.75 Å². The lowest BCUT2D eigenvalue weighted by Crippen LogP contribution is -2.49. The van der Waals surface area contributed by atoms with Crippen LogP contribution in [0.1, 0.15) is 32.3 Å². The molecular formula is C22H26ClFN2O3. The zero-order valence-corrected chi connectivity index (χ0v) is 17.4. The van der Waals surface area contributed by atoms with Crippen LogP contribution in [0.25, 0.3) is 0 Å². The van der Waals surface area contributed by atoms with Gasteiger partial charge in [0.25, 0.3) is 5.91 Å². The molecule has 2 aromatic rings. The van der Waals surface area contributed by atoms with Gasteiger partial charge in [0.15, 0.2) is 6.61 Å². The first kappa shape index (κ1) is 22.7. The van der Waals surface area contributed by atoms with Gasteiger partial charge < -0.3 is 15.0 Å². The van der Waals surface area contributed by atoms with Crippen LogP contribution in [-0.4, -0.2) is 35.9 Å². The lowest BCUT2D eigenvalue weighted by Gasteiger charge is -2.29. The monoisotopic (exact) mass is 420 g/mol. The largest absolute Gasteiger partial charge is 0.484 e. The van der Waals surface area contributed by atoms with Crippen molar-refractivity contribution in [2.45, 2.75) is 39.3 Å². The molecule has 0 fully saturated rings. The molecule has 2 rings (SSSR count). The molecule has 1 N–H and O–H groups in total. The van der Waals surface area contributed by atoms with Crippen LogP contribution in [0, 0.1) is 5.82 Å². The Morgan fingerprint density at radius 3 is 2.66 bits per heavy atom. The number of hydrogen-bond acceptors (Lipinski definition) is 3. The Kier molecular flexibility index (Phi) is 8.93. The van der Waals surface area contributed by atoms with E-state index < -0.39 is 17.8 Å². The summed E-state index contributed by atoms with van der Waals surface area (Å²) in [6.45, 7) is 3.85. The number of benzene rings is 2. The maximum Gasteiger partial charge on any atom is 0.261 e. The Morgan fingerprint density at radius 1 is 1.21 bits per heavy atom. The van der Waals surface area contributed by atoms with Gasteiger partial charge in [0.05, 0.1) is 0 Å². The van der Waals surface area contributed by atoms with Gasteiger partial charge in [-0.05, 0) is 37.6 Å². The maximum absolute atomic E-state index is 14.1. The summed E-state index contributed by atoms with van der Waals surface area (Å²) in [5.74, 6) is -0.700. The number of unbranched alkanes of at least 4 members (excludes halogenated alkanes) is 1. The molecule has 0 unspecified atom stereocenters. The molecular weight excluding hydrogens is 395 g/mol. The number of hydrogen-bond donors (Lipinski definition) is 1. The average molecular weight is 421 g/mol. The van der Waals surface area contributed by atoms with Crippen molar-refractivity contribution in [2.24, 2.45) is 0 Å². The maximum atomic E-state index is 14.1. The summed E-state index contributed by atoms with van der Waals surface area (Å²) in [6.07, 6.45) is 1.79. The van der Waals surface area contributed by atoms with Crippen molar-refractivity contribution in [1.82, 2.24) is 10.2 Å². The number of nitrogens with zero attached hydrogens (tertiary/aromatic N) is 1. The smallest absolute Gasteiger partial charge is 0.261 e. The molecule has 0 radical (unpaired) electrons. The number of carbonyl (C=O) groups excluding carboxylic acids is 2. The minimum atomic E-state index is -0.776. The Labute approximate surface area is 175 Å². The van der Waals surface area contributed by atoms with E-state index in [9.17, 15) is 14.0 Å². The summed E-state index contributed by atoms with van der Waals surface area (Å²) in [5.41, 5.74) is 0.330. The Hall–Kier alpha value is -2.60. The highest BCUT2D eigenvalue weighted by atomic mass is 35.5. The fourth-order valence-corrected chi connectivity index (χ4v) is 2.89. The van der Waals surface area contributed by atoms with Gasteiger partial charge in [-0.1, -0.05) is 49.2 Å². The topological polar surface area (TPSA) is 58.6 Å². The number of carbonyl (C=O) groups is 2. The normalized spacial score (nSPS) is 11.6. The molecule has 0 bridgehead atoms. The minimum absolute atomic E-state index is 0.0349. The van der Waals surface area contributed by atoms with Crippen molar-refractivity contribution < 1.29 is 18.7 Å². The molecule has 0 saturated heterocycles. The van der Waals surface area contributed by atoms with Crippen molar-refractivity contribution in [1.29, 1.82) is 0 Å². The Morgan fingerprint density at radius 2 is 1.97 bits per heavy atom. The molecule has 7 heteroatoms. The third-order valence-electron chi connectivity index (χ3n) is 4.45. The van der Waals surface area contributed by atoms with Crippen molar-refractivity contribution in [3.8, 4) is 5.75 Å². The summed E-state index contributed by atoms with van der Waals surface area (Å²) in [6, 6.07) is 12.1. The molecule has 0 aromatic heterocycles. The van der Waals surface area contributed by atoms with Crippen molar-refractivity contribution in [3.05, 3.63) is 64.9 Å². The van der Waals surface area contributed by atoms with Crippen LogP contribution in [0.4, 0.5) is 4.39 Å². The number of amides is 2. The summed E-state index contributed by atoms with van der Waals surface area (Å²) in [7, 11) is 0. The predicted octanol–water partition coefficient (Wildman–Crippen LogP) is 4.19. The second-order valence-corrected chi connectivity index (χ2v) is 7.12. The van der Waals surface area contributed by atoms with Gasteiger partial charge in [-0.3, -0.25) is 9.59 Å². The first-order chi connectivity index (χ1) is 13.9. The second-order valence-electron chi connectivity index (χ2n) is 6.68. The predicted molar refractivity (Wildman–Crippen MR) is 111 cm³/mol. The van der Waals surface area contributed by atoms with Crippen LogP contribution in [0.15, 0.2) is 48.5 Å². The van der Waals surface area contributed by atoms with Crippen molar-refractivity contribution >= 4 is 23.4 Å². The van der Waals surface area contributed by atoms with E-state index in [1.807, 2.05) is 6.92 Å². The van der Waals surface area contributed by atoms with E-state index in [4.69, 9.17) is 16.3 Å². The van der Waals surface area contributed by atoms with Crippen molar-refractivity contribution in [3.63, 3.8) is 0 Å². The van der Waals surface area contributed by atoms with Crippen LogP contribution < -0.4 is 10.1 Å². The average Bonchev–Trinajstić information content (AvgIpc) is 2.71. The molecule has 0 aliphatic heterocycles. The number of nitrogens with one attached hydrogen (secondary N) is 1. The van der Waals surface area contributed by atoms with E-state index in [0.29, 0.717) is 22.9 Å². The molecule has 0 saturated carbocycles. The SMILES string of the molecule is CCCCNC(=O)[C@@H](C)N(Cc1ccccc1F)C(=O)COc1cccc(Cl)c1. The molecule has 2 amide bonds. The molecule has 1 atom stereocenters. The standard InChI is InChI=1S/C22H26ClFN2O3/c1-3-4-12-25-22(28)16(2)26(14-17-8-5-6-11-20(17)24)21(27)15-29-19-10-7-9-18(23)13-19/h5-11,13,16H,3-4,12,14-15H2,1-2H3,(H,25,28)/t16-/m1/s1. The molecule has 0 heterocycles. The molecule has 0 aliphatic carbocycles. The molecule has 156 valence electrons. The highest BCUT2D eigenvalue weighted by Gasteiger charge is 2.27. The molecule has 2 aromatic carbocycles. The second kappa shape index (κ2) is 11.4. The van der Waals surface area contributed by atoms with Gasteiger partial charge in [0, 0.05) is 23.7 Å². The molecule has 29 heavy (non-hydrogen) atoms. The summed E-state index contributed by atoms with van der Waals surface area (Å²) in [5, 5.41) is 3.30. The lowest BCUT2D eigenvalue weighted by molar-refractivity contribution is -0.142. The zero-order chi connectivity index (χ0) is 21.2. The summed E-state index contributed by atoms with van der Waals surface area (Å²) < 4.78 is 19.7. The fourth-order valence-electron chi connectivity index (χ4n) is 2.71. The van der Waals surface area contributed by atoms with Gasteiger partial charge >= 0.3 is 0 Å². The molecule has 5 nitrogen and oxygen atoms in total. The molecule has 0 aliphatic rings. The third-order valence-corrected chi connectivity index (χ3v) is 4.69. The quantitative estimate of drug-likeness (QED) is 0.586. The van der Waals surface area contributed by atoms with E-state index in [1.54, 1.807) is 49.4 Å². The first-order valence-corrected chi connectivity index (χ1v) is 9.99. The third kappa shape index (κ3) is 7.06. The van der Waals surface area contributed by atoms with E-state index in [0.717, 1.165) is 12.8 Å². The lowest BCUT2D eigenvalue weighted by atomic mass is 10.1. The number of halogens is 2. The first-order valence-electron chi connectivity index (χ1n) is 9.61. The van der Waals surface area contributed by atoms with E-state index >= 15 is 0 Å². The van der Waals surface area contributed by atoms with E-state index in [1.165, 1.54) is 11.0 Å². The van der Waals surface area contributed by atoms with Gasteiger partial charge in [-0.25, -0.2) is 4.39 Å². The number of ether oxygens (including phenoxy) is 1. The van der Waals surface area contributed by atoms with Crippen LogP contribution in [-0.2, 0) is 16.1 Å². The zero-order valence-electron chi connectivity index (χ0n) is 16.7. The van der Waals surface area contributed by atoms with Gasteiger partial charge in [-0.15, -0.1) is 0 Å². The highest BCUT2D eigenvalue weighted by Crippen LogP contribution is 2.18. The number of rotatable bonds is 10. The van der Waals surface area contributed by atoms with Crippen LogP contribution in [0.3, 0.4) is 0 Å². The minimum Gasteiger partial charge on any atom is -0.484 e. The van der Waals surface area contributed by atoms with E-state index in [-0.39, 0.29) is 19.1 Å². The van der Waals surface area contributed by atoms with Crippen LogP contribution in [0.2, 0.25) is 5.02 Å². The van der Waals surface area contributed by atoms with Crippen LogP contribution >= 0.6 is 11.6 Å². The summed E-state index contributed by atoms with van der Waals surface area (Å²) >= 11 is 5.93. The fraction of sp³-hybridized carbons (Fsp3) is 0.364. The van der Waals surface area contributed by atoms with Gasteiger partial charge in [0.2, 0.25) is 5.91 Å². The van der Waals surface area contributed by atoms with E-state index in [2.05, 4.69) is 5.32 Å². The van der Waals surface area contributed by atoms with Gasteiger partial charge in [-0.2, -0.15) is 0 Å². The Bertz CT molecular complexity index is 831. The van der Waals surface area contributed by atoms with Crippen molar-refractivity contribution in [2.75, 3.05) is 13.2 Å². The Balaban J connectivity index is 2.12. The summed E-state index contributed by atoms with van der Waals surface area (Å²) in [4.78, 5) is 26.7.